The maximum Gasteiger partial charge on any atom is 0.111 e. The zero-order chi connectivity index (χ0) is 10.8. The SMILES string of the molecule is CCn1ccnc1CC(O)C(C)C1CC1. The molecule has 15 heavy (non-hydrogen) atoms. The summed E-state index contributed by atoms with van der Waals surface area (Å²) in [5.74, 6) is 2.19. The summed E-state index contributed by atoms with van der Waals surface area (Å²) in [6.45, 7) is 5.18. The predicted octanol–water partition coefficient (Wildman–Crippen LogP) is 1.85. The molecule has 1 heterocycles. The lowest BCUT2D eigenvalue weighted by molar-refractivity contribution is 0.102. The zero-order valence-electron chi connectivity index (χ0n) is 9.56. The minimum atomic E-state index is -0.231. The molecule has 3 heteroatoms. The van der Waals surface area contributed by atoms with Gasteiger partial charge in [-0.3, -0.25) is 0 Å². The second kappa shape index (κ2) is 4.35. The molecular formula is C12H20N2O. The van der Waals surface area contributed by atoms with Crippen LogP contribution in [0.15, 0.2) is 12.4 Å². The van der Waals surface area contributed by atoms with Crippen molar-refractivity contribution in [1.29, 1.82) is 0 Å². The molecule has 0 radical (unpaired) electrons. The fourth-order valence-electron chi connectivity index (χ4n) is 2.13. The number of imidazole rings is 1. The topological polar surface area (TPSA) is 38.0 Å². The maximum atomic E-state index is 10.1. The Kier molecular flexibility index (Phi) is 3.10. The number of aryl methyl sites for hydroxylation is 1. The van der Waals surface area contributed by atoms with Crippen molar-refractivity contribution in [2.75, 3.05) is 0 Å². The molecule has 1 aliphatic rings. The third-order valence-electron chi connectivity index (χ3n) is 3.51. The molecule has 2 rings (SSSR count). The first kappa shape index (κ1) is 10.7. The molecule has 2 atom stereocenters. The van der Waals surface area contributed by atoms with Gasteiger partial charge in [-0.05, 0) is 31.6 Å². The Labute approximate surface area is 91.1 Å². The highest BCUT2D eigenvalue weighted by Crippen LogP contribution is 2.38. The van der Waals surface area contributed by atoms with Gasteiger partial charge in [-0.25, -0.2) is 4.98 Å². The highest BCUT2D eigenvalue weighted by molar-refractivity contribution is 4.96. The largest absolute Gasteiger partial charge is 0.392 e. The number of aliphatic hydroxyl groups excluding tert-OH is 1. The zero-order valence-corrected chi connectivity index (χ0v) is 9.56. The molecule has 0 aliphatic heterocycles. The van der Waals surface area contributed by atoms with Gasteiger partial charge in [0.15, 0.2) is 0 Å². The van der Waals surface area contributed by atoms with Gasteiger partial charge in [0.2, 0.25) is 0 Å². The van der Waals surface area contributed by atoms with E-state index in [-0.39, 0.29) is 6.10 Å². The first-order chi connectivity index (χ1) is 7.22. The molecule has 0 bridgehead atoms. The molecule has 1 saturated carbocycles. The maximum absolute atomic E-state index is 10.1. The van der Waals surface area contributed by atoms with Crippen molar-refractivity contribution in [1.82, 2.24) is 9.55 Å². The fraction of sp³-hybridized carbons (Fsp3) is 0.750. The Bertz CT molecular complexity index is 317. The van der Waals surface area contributed by atoms with Crippen LogP contribution in [-0.4, -0.2) is 20.8 Å². The average molecular weight is 208 g/mol. The molecule has 3 nitrogen and oxygen atoms in total. The van der Waals surface area contributed by atoms with Gasteiger partial charge >= 0.3 is 0 Å². The van der Waals surface area contributed by atoms with Gasteiger partial charge in [0.1, 0.15) is 5.82 Å². The molecule has 0 spiro atoms. The van der Waals surface area contributed by atoms with Crippen LogP contribution in [0.1, 0.15) is 32.5 Å². The Morgan fingerprint density at radius 2 is 2.33 bits per heavy atom. The van der Waals surface area contributed by atoms with Gasteiger partial charge in [0, 0.05) is 25.4 Å². The number of aromatic nitrogens is 2. The van der Waals surface area contributed by atoms with E-state index in [4.69, 9.17) is 0 Å². The van der Waals surface area contributed by atoms with Gasteiger partial charge in [-0.2, -0.15) is 0 Å². The van der Waals surface area contributed by atoms with Crippen LogP contribution in [0.3, 0.4) is 0 Å². The lowest BCUT2D eigenvalue weighted by atomic mass is 9.96. The second-order valence-electron chi connectivity index (χ2n) is 4.60. The van der Waals surface area contributed by atoms with E-state index in [0.717, 1.165) is 18.3 Å². The Hall–Kier alpha value is -0.830. The van der Waals surface area contributed by atoms with Crippen molar-refractivity contribution in [2.24, 2.45) is 11.8 Å². The summed E-state index contributed by atoms with van der Waals surface area (Å²) in [5.41, 5.74) is 0. The predicted molar refractivity (Wildman–Crippen MR) is 59.5 cm³/mol. The summed E-state index contributed by atoms with van der Waals surface area (Å²) in [4.78, 5) is 4.29. The molecule has 1 aliphatic carbocycles. The molecule has 84 valence electrons. The van der Waals surface area contributed by atoms with E-state index >= 15 is 0 Å². The smallest absolute Gasteiger partial charge is 0.111 e. The number of aliphatic hydroxyl groups is 1. The summed E-state index contributed by atoms with van der Waals surface area (Å²) in [6, 6.07) is 0. The summed E-state index contributed by atoms with van der Waals surface area (Å²) < 4.78 is 2.10. The standard InChI is InChI=1S/C12H20N2O/c1-3-14-7-6-13-12(14)8-11(15)9(2)10-4-5-10/h6-7,9-11,15H,3-5,8H2,1-2H3. The van der Waals surface area contributed by atoms with E-state index in [9.17, 15) is 5.11 Å². The highest BCUT2D eigenvalue weighted by Gasteiger charge is 2.32. The van der Waals surface area contributed by atoms with Gasteiger partial charge in [0.05, 0.1) is 6.10 Å². The molecule has 1 N–H and O–H groups in total. The summed E-state index contributed by atoms with van der Waals surface area (Å²) in [6.07, 6.45) is 6.83. The minimum Gasteiger partial charge on any atom is -0.392 e. The van der Waals surface area contributed by atoms with E-state index in [2.05, 4.69) is 23.4 Å². The minimum absolute atomic E-state index is 0.231. The van der Waals surface area contributed by atoms with Gasteiger partial charge < -0.3 is 9.67 Å². The van der Waals surface area contributed by atoms with E-state index in [1.165, 1.54) is 12.8 Å². The van der Waals surface area contributed by atoms with E-state index in [0.29, 0.717) is 12.3 Å². The molecule has 1 aromatic heterocycles. The molecule has 0 aromatic carbocycles. The van der Waals surface area contributed by atoms with Crippen molar-refractivity contribution in [2.45, 2.75) is 45.8 Å². The molecule has 0 saturated heterocycles. The summed E-state index contributed by atoms with van der Waals surface area (Å²) in [7, 11) is 0. The van der Waals surface area contributed by atoms with E-state index in [1.807, 2.05) is 12.4 Å². The van der Waals surface area contributed by atoms with E-state index < -0.39 is 0 Å². The van der Waals surface area contributed by atoms with E-state index in [1.54, 1.807) is 0 Å². The van der Waals surface area contributed by atoms with Crippen LogP contribution in [0.4, 0.5) is 0 Å². The van der Waals surface area contributed by atoms with Gasteiger partial charge in [0.25, 0.3) is 0 Å². The molecule has 1 aromatic rings. The van der Waals surface area contributed by atoms with Crippen molar-refractivity contribution < 1.29 is 5.11 Å². The summed E-state index contributed by atoms with van der Waals surface area (Å²) in [5, 5.41) is 10.1. The molecule has 1 fully saturated rings. The second-order valence-corrected chi connectivity index (χ2v) is 4.60. The third-order valence-corrected chi connectivity index (χ3v) is 3.51. The van der Waals surface area contributed by atoms with Crippen LogP contribution in [0.5, 0.6) is 0 Å². The number of rotatable bonds is 5. The van der Waals surface area contributed by atoms with Crippen LogP contribution in [0, 0.1) is 11.8 Å². The average Bonchev–Trinajstić information content (AvgIpc) is 2.99. The molecule has 0 amide bonds. The van der Waals surface area contributed by atoms with Crippen LogP contribution in [-0.2, 0) is 13.0 Å². The van der Waals surface area contributed by atoms with Gasteiger partial charge in [-0.15, -0.1) is 0 Å². The monoisotopic (exact) mass is 208 g/mol. The van der Waals surface area contributed by atoms with Gasteiger partial charge in [-0.1, -0.05) is 6.92 Å². The first-order valence-electron chi connectivity index (χ1n) is 5.90. The Morgan fingerprint density at radius 3 is 2.93 bits per heavy atom. The highest BCUT2D eigenvalue weighted by atomic mass is 16.3. The van der Waals surface area contributed by atoms with Crippen molar-refractivity contribution >= 4 is 0 Å². The Balaban J connectivity index is 1.95. The lowest BCUT2D eigenvalue weighted by Crippen LogP contribution is -2.23. The summed E-state index contributed by atoms with van der Waals surface area (Å²) >= 11 is 0. The number of hydrogen-bond donors (Lipinski definition) is 1. The number of hydrogen-bond acceptors (Lipinski definition) is 2. The van der Waals surface area contributed by atoms with Crippen LogP contribution < -0.4 is 0 Å². The number of nitrogens with zero attached hydrogens (tertiary/aromatic N) is 2. The Morgan fingerprint density at radius 1 is 1.60 bits per heavy atom. The third kappa shape index (κ3) is 2.40. The quantitative estimate of drug-likeness (QED) is 0.802. The molecule has 2 unspecified atom stereocenters. The van der Waals surface area contributed by atoms with Crippen molar-refractivity contribution in [3.8, 4) is 0 Å². The normalized spacial score (nSPS) is 20.2. The fourth-order valence-corrected chi connectivity index (χ4v) is 2.13. The van der Waals surface area contributed by atoms with Crippen LogP contribution in [0.25, 0.3) is 0 Å². The first-order valence-corrected chi connectivity index (χ1v) is 5.90. The van der Waals surface area contributed by atoms with Crippen LogP contribution in [0.2, 0.25) is 0 Å². The van der Waals surface area contributed by atoms with Crippen molar-refractivity contribution in [3.63, 3.8) is 0 Å². The van der Waals surface area contributed by atoms with Crippen molar-refractivity contribution in [3.05, 3.63) is 18.2 Å². The van der Waals surface area contributed by atoms with Crippen LogP contribution >= 0.6 is 0 Å². The lowest BCUT2D eigenvalue weighted by Gasteiger charge is -2.18. The molecular weight excluding hydrogens is 188 g/mol.